The van der Waals surface area contributed by atoms with E-state index in [1.807, 2.05) is 24.3 Å². The Morgan fingerprint density at radius 2 is 1.86 bits per heavy atom. The average Bonchev–Trinajstić information content (AvgIpc) is 2.72. The lowest BCUT2D eigenvalue weighted by Crippen LogP contribution is -2.43. The van der Waals surface area contributed by atoms with Gasteiger partial charge in [0.2, 0.25) is 5.91 Å². The van der Waals surface area contributed by atoms with E-state index in [0.29, 0.717) is 17.9 Å². The molecule has 0 aromatic heterocycles. The van der Waals surface area contributed by atoms with Gasteiger partial charge in [0.25, 0.3) is 0 Å². The number of carbonyl (C=O) groups is 1. The van der Waals surface area contributed by atoms with Crippen molar-refractivity contribution in [2.24, 2.45) is 0 Å². The third kappa shape index (κ3) is 4.22. The van der Waals surface area contributed by atoms with E-state index in [9.17, 15) is 9.90 Å². The molecule has 0 fully saturated rings. The lowest BCUT2D eigenvalue weighted by atomic mass is 9.79. The fraction of sp³-hybridized carbons (Fsp3) is 0.409. The number of methoxy groups -OCH3 is 3. The summed E-state index contributed by atoms with van der Waals surface area (Å²) in [5.74, 6) is 1.83. The molecule has 0 radical (unpaired) electrons. The Morgan fingerprint density at radius 1 is 1.07 bits per heavy atom. The number of aryl methyl sites for hydroxylation is 1. The molecule has 0 bridgehead atoms. The highest BCUT2D eigenvalue weighted by molar-refractivity contribution is 5.79. The monoisotopic (exact) mass is 385 g/mol. The van der Waals surface area contributed by atoms with Crippen LogP contribution in [0.2, 0.25) is 0 Å². The Kier molecular flexibility index (Phi) is 6.09. The number of carbonyl (C=O) groups excluding carboxylic acids is 1. The quantitative estimate of drug-likeness (QED) is 0.766. The lowest BCUT2D eigenvalue weighted by Gasteiger charge is -2.35. The third-order valence-corrected chi connectivity index (χ3v) is 5.24. The van der Waals surface area contributed by atoms with Crippen LogP contribution in [0.5, 0.6) is 17.2 Å². The van der Waals surface area contributed by atoms with Crippen LogP contribution in [0.25, 0.3) is 0 Å². The second kappa shape index (κ2) is 8.52. The molecule has 1 unspecified atom stereocenters. The molecule has 0 aliphatic heterocycles. The SMILES string of the molecule is COc1ccc2c(c1)CCCC2(O)CNC(=O)Cc1ccc(OC)c(OC)c1. The van der Waals surface area contributed by atoms with Crippen LogP contribution in [0, 0.1) is 0 Å². The van der Waals surface area contributed by atoms with Gasteiger partial charge in [-0.2, -0.15) is 0 Å². The molecule has 0 spiro atoms. The highest BCUT2D eigenvalue weighted by Gasteiger charge is 2.34. The van der Waals surface area contributed by atoms with Gasteiger partial charge in [-0.15, -0.1) is 0 Å². The molecule has 2 aromatic rings. The molecule has 1 atom stereocenters. The summed E-state index contributed by atoms with van der Waals surface area (Å²) in [5.41, 5.74) is 1.69. The van der Waals surface area contributed by atoms with Crippen LogP contribution in [0.4, 0.5) is 0 Å². The average molecular weight is 385 g/mol. The first-order valence-corrected chi connectivity index (χ1v) is 9.36. The number of ether oxygens (including phenoxy) is 3. The minimum atomic E-state index is -1.06. The summed E-state index contributed by atoms with van der Waals surface area (Å²) in [6.07, 6.45) is 2.57. The van der Waals surface area contributed by atoms with Crippen molar-refractivity contribution in [3.8, 4) is 17.2 Å². The molecule has 3 rings (SSSR count). The molecule has 28 heavy (non-hydrogen) atoms. The number of aliphatic hydroxyl groups is 1. The normalized spacial score (nSPS) is 18.1. The van der Waals surface area contributed by atoms with Crippen LogP contribution in [-0.4, -0.2) is 38.9 Å². The maximum absolute atomic E-state index is 12.4. The summed E-state index contributed by atoms with van der Waals surface area (Å²) in [7, 11) is 4.76. The molecule has 1 amide bonds. The fourth-order valence-corrected chi connectivity index (χ4v) is 3.73. The standard InChI is InChI=1S/C22H27NO5/c1-26-17-7-8-18-16(13-17)5-4-10-22(18,25)14-23-21(24)12-15-6-9-19(27-2)20(11-15)28-3/h6-9,11,13,25H,4-5,10,12,14H2,1-3H3,(H,23,24). The van der Waals surface area contributed by atoms with Crippen LogP contribution in [0.15, 0.2) is 36.4 Å². The number of hydrogen-bond donors (Lipinski definition) is 2. The van der Waals surface area contributed by atoms with Crippen molar-refractivity contribution in [2.45, 2.75) is 31.3 Å². The fourth-order valence-electron chi connectivity index (χ4n) is 3.73. The Hall–Kier alpha value is -2.73. The summed E-state index contributed by atoms with van der Waals surface area (Å²) < 4.78 is 15.8. The maximum Gasteiger partial charge on any atom is 0.224 e. The molecule has 0 saturated carbocycles. The van der Waals surface area contributed by atoms with Crippen molar-refractivity contribution in [1.29, 1.82) is 0 Å². The molecule has 6 nitrogen and oxygen atoms in total. The number of fused-ring (bicyclic) bond motifs is 1. The molecule has 0 saturated heterocycles. The Bertz CT molecular complexity index is 851. The minimum Gasteiger partial charge on any atom is -0.497 e. The zero-order chi connectivity index (χ0) is 20.1. The summed E-state index contributed by atoms with van der Waals surface area (Å²) >= 11 is 0. The molecular formula is C22H27NO5. The van der Waals surface area contributed by atoms with E-state index in [2.05, 4.69) is 5.32 Å². The van der Waals surface area contributed by atoms with Gasteiger partial charge in [0, 0.05) is 0 Å². The van der Waals surface area contributed by atoms with E-state index in [1.54, 1.807) is 33.5 Å². The van der Waals surface area contributed by atoms with Crippen molar-refractivity contribution in [1.82, 2.24) is 5.32 Å². The number of hydrogen-bond acceptors (Lipinski definition) is 5. The molecule has 6 heteroatoms. The first kappa shape index (κ1) is 20.0. The van der Waals surface area contributed by atoms with Crippen molar-refractivity contribution in [2.75, 3.05) is 27.9 Å². The largest absolute Gasteiger partial charge is 0.497 e. The van der Waals surface area contributed by atoms with Gasteiger partial charge in [-0.3, -0.25) is 4.79 Å². The Balaban J connectivity index is 1.67. The smallest absolute Gasteiger partial charge is 0.224 e. The lowest BCUT2D eigenvalue weighted by molar-refractivity contribution is -0.122. The van der Waals surface area contributed by atoms with Crippen LogP contribution in [0.3, 0.4) is 0 Å². The predicted molar refractivity (Wildman–Crippen MR) is 106 cm³/mol. The van der Waals surface area contributed by atoms with Gasteiger partial charge in [0.05, 0.1) is 34.3 Å². The maximum atomic E-state index is 12.4. The zero-order valence-corrected chi connectivity index (χ0v) is 16.6. The Morgan fingerprint density at radius 3 is 2.57 bits per heavy atom. The predicted octanol–water partition coefficient (Wildman–Crippen LogP) is 2.60. The summed E-state index contributed by atoms with van der Waals surface area (Å²) in [5, 5.41) is 14.0. The van der Waals surface area contributed by atoms with Gasteiger partial charge in [-0.05, 0) is 60.2 Å². The number of benzene rings is 2. The summed E-state index contributed by atoms with van der Waals surface area (Å²) in [6.45, 7) is 0.179. The van der Waals surface area contributed by atoms with Crippen molar-refractivity contribution in [3.63, 3.8) is 0 Å². The van der Waals surface area contributed by atoms with Crippen LogP contribution in [-0.2, 0) is 23.2 Å². The van der Waals surface area contributed by atoms with Gasteiger partial charge >= 0.3 is 0 Å². The number of amides is 1. The molecule has 2 N–H and O–H groups in total. The topological polar surface area (TPSA) is 77.0 Å². The van der Waals surface area contributed by atoms with Gasteiger partial charge in [-0.1, -0.05) is 12.1 Å². The molecular weight excluding hydrogens is 358 g/mol. The van der Waals surface area contributed by atoms with Gasteiger partial charge < -0.3 is 24.6 Å². The summed E-state index contributed by atoms with van der Waals surface area (Å²) in [6, 6.07) is 11.1. The molecule has 2 aromatic carbocycles. The van der Waals surface area contributed by atoms with Crippen molar-refractivity contribution in [3.05, 3.63) is 53.1 Å². The van der Waals surface area contributed by atoms with Crippen molar-refractivity contribution < 1.29 is 24.1 Å². The van der Waals surface area contributed by atoms with Gasteiger partial charge in [0.15, 0.2) is 11.5 Å². The van der Waals surface area contributed by atoms with Crippen LogP contribution < -0.4 is 19.5 Å². The minimum absolute atomic E-state index is 0.152. The Labute approximate surface area is 165 Å². The molecule has 0 heterocycles. The van der Waals surface area contributed by atoms with Crippen LogP contribution >= 0.6 is 0 Å². The molecule has 1 aliphatic rings. The molecule has 150 valence electrons. The van der Waals surface area contributed by atoms with E-state index >= 15 is 0 Å². The first-order valence-electron chi connectivity index (χ1n) is 9.36. The number of rotatable bonds is 7. The highest BCUT2D eigenvalue weighted by Crippen LogP contribution is 2.36. The first-order chi connectivity index (χ1) is 13.5. The second-order valence-electron chi connectivity index (χ2n) is 7.05. The van der Waals surface area contributed by atoms with E-state index in [-0.39, 0.29) is 18.9 Å². The van der Waals surface area contributed by atoms with E-state index in [1.165, 1.54) is 0 Å². The van der Waals surface area contributed by atoms with Crippen molar-refractivity contribution >= 4 is 5.91 Å². The molecule has 1 aliphatic carbocycles. The van der Waals surface area contributed by atoms with Crippen LogP contribution in [0.1, 0.15) is 29.5 Å². The third-order valence-electron chi connectivity index (χ3n) is 5.24. The number of nitrogens with one attached hydrogen (secondary N) is 1. The van der Waals surface area contributed by atoms with Gasteiger partial charge in [0.1, 0.15) is 11.4 Å². The summed E-state index contributed by atoms with van der Waals surface area (Å²) in [4.78, 5) is 12.4. The second-order valence-corrected chi connectivity index (χ2v) is 7.05. The van der Waals surface area contributed by atoms with E-state index in [0.717, 1.165) is 35.3 Å². The van der Waals surface area contributed by atoms with E-state index < -0.39 is 5.60 Å². The zero-order valence-electron chi connectivity index (χ0n) is 16.6. The highest BCUT2D eigenvalue weighted by atomic mass is 16.5. The van der Waals surface area contributed by atoms with Gasteiger partial charge in [-0.25, -0.2) is 0 Å². The van der Waals surface area contributed by atoms with E-state index in [4.69, 9.17) is 14.2 Å².